The molecule has 2 aliphatic heterocycles. The monoisotopic (exact) mass is 590 g/mol. The Morgan fingerprint density at radius 1 is 0.977 bits per heavy atom. The fourth-order valence-corrected chi connectivity index (χ4v) is 6.65. The topological polar surface area (TPSA) is 104 Å². The van der Waals surface area contributed by atoms with E-state index in [0.717, 1.165) is 41.1 Å². The molecule has 4 heterocycles. The number of β-amino-alcohol motifs (C(OH)–C–C–N with tert-alkyl or cyclic N) is 1. The van der Waals surface area contributed by atoms with Gasteiger partial charge in [-0.2, -0.15) is 4.68 Å². The second-order valence-electron chi connectivity index (χ2n) is 11.5. The fraction of sp³-hybridized carbons (Fsp3) is 0.294. The van der Waals surface area contributed by atoms with Gasteiger partial charge in [-0.05, 0) is 56.5 Å². The molecule has 0 unspecified atom stereocenters. The summed E-state index contributed by atoms with van der Waals surface area (Å²) < 4.78 is 3.45. The number of fused-ring (bicyclic) bond motifs is 1. The highest BCUT2D eigenvalue weighted by Crippen LogP contribution is 2.37. The Kier molecular flexibility index (Phi) is 7.02. The molecule has 1 N–H and O–H groups in total. The first-order valence-electron chi connectivity index (χ1n) is 15.0. The Morgan fingerprint density at radius 3 is 2.50 bits per heavy atom. The van der Waals surface area contributed by atoms with E-state index < -0.39 is 0 Å². The summed E-state index contributed by atoms with van der Waals surface area (Å²) in [7, 11) is 0. The summed E-state index contributed by atoms with van der Waals surface area (Å²) in [5, 5.41) is 10.9. The number of aromatic nitrogens is 3. The average molecular weight is 591 g/mol. The molecule has 0 saturated carbocycles. The van der Waals surface area contributed by atoms with E-state index in [-0.39, 0.29) is 24.0 Å². The van der Waals surface area contributed by atoms with Gasteiger partial charge in [0.05, 0.1) is 40.7 Å². The Bertz CT molecular complexity index is 1930. The predicted molar refractivity (Wildman–Crippen MR) is 169 cm³/mol. The van der Waals surface area contributed by atoms with Crippen molar-refractivity contribution < 1.29 is 14.7 Å². The summed E-state index contributed by atoms with van der Waals surface area (Å²) >= 11 is 0. The minimum Gasteiger partial charge on any atom is -0.395 e. The lowest BCUT2D eigenvalue weighted by Crippen LogP contribution is -2.49. The highest BCUT2D eigenvalue weighted by atomic mass is 16.3. The minimum absolute atomic E-state index is 0.0962. The van der Waals surface area contributed by atoms with Gasteiger partial charge in [-0.3, -0.25) is 19.3 Å². The van der Waals surface area contributed by atoms with Crippen LogP contribution in [0.15, 0.2) is 71.7 Å². The standard InChI is InChI=1S/C34H34N6O4/c1-22-19-25-9-6-10-28-31(25)39(22)30(24-7-4-3-5-8-24)21-38(33(28)43)40-23(2)35-29-20-26(11-12-27(29)34(40)44)32(42)37-15-13-36(14-16-37)17-18-41/h3-5,7-8,10-12,19-21,41H,6,9,13-18H2,1-2H3. The van der Waals surface area contributed by atoms with E-state index in [9.17, 15) is 19.5 Å². The number of aliphatic hydroxyl groups is 1. The van der Waals surface area contributed by atoms with Crippen LogP contribution in [-0.4, -0.2) is 80.3 Å². The van der Waals surface area contributed by atoms with Crippen LogP contribution in [-0.2, 0) is 11.2 Å². The number of aryl methyl sites for hydroxylation is 3. The van der Waals surface area contributed by atoms with Gasteiger partial charge >= 0.3 is 0 Å². The summed E-state index contributed by atoms with van der Waals surface area (Å²) in [4.78, 5) is 50.4. The van der Waals surface area contributed by atoms with Crippen LogP contribution in [0.2, 0.25) is 0 Å². The molecule has 2 aromatic heterocycles. The average Bonchev–Trinajstić information content (AvgIpc) is 3.31. The van der Waals surface area contributed by atoms with Crippen LogP contribution < -0.4 is 10.6 Å². The van der Waals surface area contributed by atoms with E-state index in [0.29, 0.717) is 60.6 Å². The van der Waals surface area contributed by atoms with Crippen molar-refractivity contribution >= 4 is 34.0 Å². The molecule has 2 amide bonds. The van der Waals surface area contributed by atoms with Crippen LogP contribution in [0.25, 0.3) is 22.2 Å². The SMILES string of the molecule is Cc1cc2c3n1C(c1ccccc1)=CN(n1c(C)nc4cc(C(=O)N5CCN(CCO)CC5)ccc4c1=O)C(=O)C3=CCC2. The van der Waals surface area contributed by atoms with Crippen molar-refractivity contribution in [3.05, 3.63) is 111 Å². The summed E-state index contributed by atoms with van der Waals surface area (Å²) in [6.07, 6.45) is 5.28. The summed E-state index contributed by atoms with van der Waals surface area (Å²) in [6, 6.07) is 17.0. The van der Waals surface area contributed by atoms with Crippen LogP contribution in [0.4, 0.5) is 0 Å². The van der Waals surface area contributed by atoms with Gasteiger partial charge in [0.25, 0.3) is 17.4 Å². The molecular weight excluding hydrogens is 556 g/mol. The third-order valence-corrected chi connectivity index (χ3v) is 8.82. The molecule has 3 aliphatic rings. The lowest BCUT2D eigenvalue weighted by molar-refractivity contribution is -0.114. The highest BCUT2D eigenvalue weighted by molar-refractivity contribution is 6.26. The molecule has 0 atom stereocenters. The number of hydrogen-bond acceptors (Lipinski definition) is 6. The smallest absolute Gasteiger partial charge is 0.280 e. The van der Waals surface area contributed by atoms with Gasteiger partial charge in [0, 0.05) is 49.5 Å². The van der Waals surface area contributed by atoms with E-state index in [1.54, 1.807) is 36.2 Å². The maximum absolute atomic E-state index is 14.3. The first kappa shape index (κ1) is 28.0. The number of piperazine rings is 1. The number of allylic oxidation sites excluding steroid dienone is 1. The Labute approximate surface area is 254 Å². The van der Waals surface area contributed by atoms with Crippen molar-refractivity contribution in [2.24, 2.45) is 0 Å². The number of aliphatic hydroxyl groups excluding tert-OH is 1. The lowest BCUT2D eigenvalue weighted by atomic mass is 9.96. The van der Waals surface area contributed by atoms with E-state index in [1.165, 1.54) is 9.69 Å². The number of hydrogen-bond donors (Lipinski definition) is 1. The third-order valence-electron chi connectivity index (χ3n) is 8.82. The molecule has 7 rings (SSSR count). The Balaban J connectivity index is 1.31. The number of nitrogens with zero attached hydrogens (tertiary/aromatic N) is 6. The molecule has 10 heteroatoms. The van der Waals surface area contributed by atoms with Crippen molar-refractivity contribution in [3.8, 4) is 0 Å². The van der Waals surface area contributed by atoms with Crippen molar-refractivity contribution in [2.75, 3.05) is 44.3 Å². The quantitative estimate of drug-likeness (QED) is 0.384. The van der Waals surface area contributed by atoms with Crippen LogP contribution in [0.1, 0.15) is 45.1 Å². The molecule has 4 aromatic rings. The van der Waals surface area contributed by atoms with Gasteiger partial charge in [0.2, 0.25) is 0 Å². The Morgan fingerprint density at radius 2 is 1.75 bits per heavy atom. The van der Waals surface area contributed by atoms with Crippen molar-refractivity contribution in [3.63, 3.8) is 0 Å². The Hall–Kier alpha value is -4.80. The van der Waals surface area contributed by atoms with Crippen LogP contribution in [0.3, 0.4) is 0 Å². The number of carbonyl (C=O) groups excluding carboxylic acids is 2. The van der Waals surface area contributed by atoms with Crippen LogP contribution in [0.5, 0.6) is 0 Å². The zero-order valence-electron chi connectivity index (χ0n) is 24.9. The van der Waals surface area contributed by atoms with Gasteiger partial charge in [-0.1, -0.05) is 36.4 Å². The number of carbonyl (C=O) groups is 2. The first-order valence-corrected chi connectivity index (χ1v) is 15.0. The van der Waals surface area contributed by atoms with Gasteiger partial charge in [-0.15, -0.1) is 0 Å². The number of amides is 2. The summed E-state index contributed by atoms with van der Waals surface area (Å²) in [5.74, 6) is -0.0778. The predicted octanol–water partition coefficient (Wildman–Crippen LogP) is 2.92. The normalized spacial score (nSPS) is 16.9. The van der Waals surface area contributed by atoms with Crippen molar-refractivity contribution in [1.29, 1.82) is 0 Å². The molecule has 1 fully saturated rings. The highest BCUT2D eigenvalue weighted by Gasteiger charge is 2.34. The maximum Gasteiger partial charge on any atom is 0.280 e. The van der Waals surface area contributed by atoms with Gasteiger partial charge in [0.1, 0.15) is 5.82 Å². The van der Waals surface area contributed by atoms with Crippen LogP contribution >= 0.6 is 0 Å². The summed E-state index contributed by atoms with van der Waals surface area (Å²) in [6.45, 7) is 6.97. The lowest BCUT2D eigenvalue weighted by Gasteiger charge is -2.34. The van der Waals surface area contributed by atoms with Gasteiger partial charge < -0.3 is 14.6 Å². The van der Waals surface area contributed by atoms with E-state index in [1.807, 2.05) is 43.3 Å². The minimum atomic E-state index is -0.388. The largest absolute Gasteiger partial charge is 0.395 e. The maximum atomic E-state index is 14.3. The molecule has 0 bridgehead atoms. The second kappa shape index (κ2) is 11.0. The molecule has 224 valence electrons. The molecular formula is C34H34N6O4. The zero-order chi connectivity index (χ0) is 30.5. The van der Waals surface area contributed by atoms with Crippen molar-refractivity contribution in [1.82, 2.24) is 24.0 Å². The van der Waals surface area contributed by atoms with Gasteiger partial charge in [-0.25, -0.2) is 9.99 Å². The molecule has 0 spiro atoms. The molecule has 1 aliphatic carbocycles. The third kappa shape index (κ3) is 4.58. The fourth-order valence-electron chi connectivity index (χ4n) is 6.65. The molecule has 0 radical (unpaired) electrons. The van der Waals surface area contributed by atoms with E-state index in [2.05, 4.69) is 15.5 Å². The second-order valence-corrected chi connectivity index (χ2v) is 11.5. The van der Waals surface area contributed by atoms with E-state index >= 15 is 0 Å². The van der Waals surface area contributed by atoms with Crippen molar-refractivity contribution in [2.45, 2.75) is 26.7 Å². The molecule has 1 saturated heterocycles. The van der Waals surface area contributed by atoms with Crippen LogP contribution in [0, 0.1) is 13.8 Å². The number of rotatable bonds is 5. The molecule has 2 aromatic carbocycles. The van der Waals surface area contributed by atoms with Gasteiger partial charge in [0.15, 0.2) is 0 Å². The summed E-state index contributed by atoms with van der Waals surface area (Å²) in [5.41, 5.74) is 5.75. The first-order chi connectivity index (χ1) is 21.4. The number of benzene rings is 2. The van der Waals surface area contributed by atoms with E-state index in [4.69, 9.17) is 4.98 Å². The molecule has 44 heavy (non-hydrogen) atoms. The molecule has 10 nitrogen and oxygen atoms in total. The zero-order valence-corrected chi connectivity index (χ0v) is 24.9.